The molecular formula is C14H21NO3. The molecule has 0 spiro atoms. The molecule has 0 saturated carbocycles. The van der Waals surface area contributed by atoms with Crippen molar-refractivity contribution >= 4 is 11.7 Å². The van der Waals surface area contributed by atoms with Gasteiger partial charge in [-0.3, -0.25) is 4.79 Å². The van der Waals surface area contributed by atoms with Crippen LogP contribution in [0, 0.1) is 6.92 Å². The highest BCUT2D eigenvalue weighted by Gasteiger charge is 2.08. The van der Waals surface area contributed by atoms with Crippen molar-refractivity contribution in [2.45, 2.75) is 26.2 Å². The van der Waals surface area contributed by atoms with Gasteiger partial charge in [-0.25, -0.2) is 0 Å². The summed E-state index contributed by atoms with van der Waals surface area (Å²) in [7, 11) is 3.66. The molecule has 1 aromatic carbocycles. The third-order valence-electron chi connectivity index (χ3n) is 2.88. The zero-order valence-corrected chi connectivity index (χ0v) is 11.3. The molecule has 0 atom stereocenters. The summed E-state index contributed by atoms with van der Waals surface area (Å²) in [6.07, 6.45) is 1.80. The van der Waals surface area contributed by atoms with Crippen molar-refractivity contribution < 1.29 is 14.6 Å². The van der Waals surface area contributed by atoms with E-state index in [0.29, 0.717) is 6.42 Å². The van der Waals surface area contributed by atoms with E-state index >= 15 is 0 Å². The van der Waals surface area contributed by atoms with Gasteiger partial charge in [0.2, 0.25) is 0 Å². The van der Waals surface area contributed by atoms with E-state index in [4.69, 9.17) is 9.84 Å². The zero-order chi connectivity index (χ0) is 13.5. The molecule has 4 heteroatoms. The minimum Gasteiger partial charge on any atom is -0.495 e. The number of carbonyl (C=O) groups is 1. The van der Waals surface area contributed by atoms with Crippen LogP contribution in [0.2, 0.25) is 0 Å². The molecule has 0 aliphatic rings. The maximum Gasteiger partial charge on any atom is 0.303 e. The Morgan fingerprint density at radius 3 is 2.72 bits per heavy atom. The van der Waals surface area contributed by atoms with E-state index in [2.05, 4.69) is 11.0 Å². The quantitative estimate of drug-likeness (QED) is 0.757. The summed E-state index contributed by atoms with van der Waals surface area (Å²) < 4.78 is 5.33. The van der Waals surface area contributed by atoms with Crippen LogP contribution in [0.3, 0.4) is 0 Å². The van der Waals surface area contributed by atoms with Gasteiger partial charge in [0.1, 0.15) is 5.75 Å². The first-order chi connectivity index (χ1) is 8.54. The highest BCUT2D eigenvalue weighted by Crippen LogP contribution is 2.28. The lowest BCUT2D eigenvalue weighted by atomic mass is 10.1. The predicted octanol–water partition coefficient (Wildman–Crippen LogP) is 2.69. The molecule has 0 saturated heterocycles. The highest BCUT2D eigenvalue weighted by atomic mass is 16.5. The number of hydrogen-bond acceptors (Lipinski definition) is 3. The minimum atomic E-state index is -0.731. The Morgan fingerprint density at radius 2 is 2.11 bits per heavy atom. The number of methoxy groups -OCH3 is 1. The SMILES string of the molecule is COc1ccc(C)cc1N(C)CCCCC(=O)O. The topological polar surface area (TPSA) is 49.8 Å². The molecule has 0 aromatic heterocycles. The van der Waals surface area contributed by atoms with Crippen LogP contribution in [-0.2, 0) is 4.79 Å². The lowest BCUT2D eigenvalue weighted by Gasteiger charge is -2.22. The van der Waals surface area contributed by atoms with Gasteiger partial charge in [-0.15, -0.1) is 0 Å². The Hall–Kier alpha value is -1.71. The summed E-state index contributed by atoms with van der Waals surface area (Å²) in [5, 5.41) is 8.58. The molecule has 0 unspecified atom stereocenters. The minimum absolute atomic E-state index is 0.235. The van der Waals surface area contributed by atoms with Crippen LogP contribution >= 0.6 is 0 Å². The molecular weight excluding hydrogens is 230 g/mol. The molecule has 1 aromatic rings. The van der Waals surface area contributed by atoms with Crippen LogP contribution in [0.5, 0.6) is 5.75 Å². The molecule has 0 aliphatic heterocycles. The molecule has 4 nitrogen and oxygen atoms in total. The van der Waals surface area contributed by atoms with Crippen molar-refractivity contribution in [3.63, 3.8) is 0 Å². The summed E-state index contributed by atoms with van der Waals surface area (Å²) in [6.45, 7) is 2.87. The fourth-order valence-corrected chi connectivity index (χ4v) is 1.84. The first-order valence-electron chi connectivity index (χ1n) is 6.12. The van der Waals surface area contributed by atoms with Gasteiger partial charge in [-0.2, -0.15) is 0 Å². The summed E-state index contributed by atoms with van der Waals surface area (Å²) in [5.41, 5.74) is 2.23. The average Bonchev–Trinajstić information content (AvgIpc) is 2.34. The standard InChI is InChI=1S/C14H21NO3/c1-11-7-8-13(18-3)12(10-11)15(2)9-5-4-6-14(16)17/h7-8,10H,4-6,9H2,1-3H3,(H,16,17). The van der Waals surface area contributed by atoms with Crippen LogP contribution in [-0.4, -0.2) is 31.8 Å². The van der Waals surface area contributed by atoms with E-state index in [1.165, 1.54) is 5.56 Å². The van der Waals surface area contributed by atoms with Crippen LogP contribution in [0.4, 0.5) is 5.69 Å². The van der Waals surface area contributed by atoms with Gasteiger partial charge < -0.3 is 14.7 Å². The Labute approximate surface area is 108 Å². The maximum absolute atomic E-state index is 10.4. The summed E-state index contributed by atoms with van der Waals surface area (Å²) in [5.74, 6) is 0.118. The second-order valence-corrected chi connectivity index (χ2v) is 4.45. The van der Waals surface area contributed by atoms with Crippen molar-refractivity contribution in [2.24, 2.45) is 0 Å². The number of carboxylic acid groups (broad SMARTS) is 1. The van der Waals surface area contributed by atoms with Gasteiger partial charge in [-0.05, 0) is 37.5 Å². The molecule has 1 rings (SSSR count). The van der Waals surface area contributed by atoms with Crippen molar-refractivity contribution in [3.05, 3.63) is 23.8 Å². The van der Waals surface area contributed by atoms with Crippen LogP contribution in [0.1, 0.15) is 24.8 Å². The molecule has 1 N–H and O–H groups in total. The largest absolute Gasteiger partial charge is 0.495 e. The van der Waals surface area contributed by atoms with Crippen molar-refractivity contribution in [2.75, 3.05) is 25.6 Å². The first kappa shape index (κ1) is 14.4. The maximum atomic E-state index is 10.4. The van der Waals surface area contributed by atoms with E-state index in [9.17, 15) is 4.79 Å². The predicted molar refractivity (Wildman–Crippen MR) is 72.5 cm³/mol. The number of nitrogens with zero attached hydrogens (tertiary/aromatic N) is 1. The molecule has 0 fully saturated rings. The lowest BCUT2D eigenvalue weighted by molar-refractivity contribution is -0.137. The second-order valence-electron chi connectivity index (χ2n) is 4.45. The number of carboxylic acids is 1. The second kappa shape index (κ2) is 6.89. The Bertz CT molecular complexity index is 404. The van der Waals surface area contributed by atoms with E-state index < -0.39 is 5.97 Å². The van der Waals surface area contributed by atoms with Crippen LogP contribution in [0.15, 0.2) is 18.2 Å². The molecule has 100 valence electrons. The Kier molecular flexibility index (Phi) is 5.49. The van der Waals surface area contributed by atoms with Crippen molar-refractivity contribution in [1.29, 1.82) is 0 Å². The third kappa shape index (κ3) is 4.28. The number of benzene rings is 1. The third-order valence-corrected chi connectivity index (χ3v) is 2.88. The van der Waals surface area contributed by atoms with Gasteiger partial charge >= 0.3 is 5.97 Å². The van der Waals surface area contributed by atoms with Crippen molar-refractivity contribution in [3.8, 4) is 5.75 Å². The number of rotatable bonds is 7. The van der Waals surface area contributed by atoms with E-state index in [1.54, 1.807) is 7.11 Å². The van der Waals surface area contributed by atoms with Crippen LogP contribution in [0.25, 0.3) is 0 Å². The summed E-state index contributed by atoms with van der Waals surface area (Å²) in [4.78, 5) is 12.5. The van der Waals surface area contributed by atoms with Crippen molar-refractivity contribution in [1.82, 2.24) is 0 Å². The number of unbranched alkanes of at least 4 members (excludes halogenated alkanes) is 1. The Balaban J connectivity index is 2.57. The van der Waals surface area contributed by atoms with E-state index in [-0.39, 0.29) is 6.42 Å². The number of anilines is 1. The summed E-state index contributed by atoms with van der Waals surface area (Å²) in [6, 6.07) is 6.05. The number of aryl methyl sites for hydroxylation is 1. The number of hydrogen-bond donors (Lipinski definition) is 1. The number of ether oxygens (including phenoxy) is 1. The monoisotopic (exact) mass is 251 g/mol. The van der Waals surface area contributed by atoms with Gasteiger partial charge in [-0.1, -0.05) is 6.07 Å². The molecule has 18 heavy (non-hydrogen) atoms. The normalized spacial score (nSPS) is 10.2. The molecule has 0 amide bonds. The Morgan fingerprint density at radius 1 is 1.39 bits per heavy atom. The fourth-order valence-electron chi connectivity index (χ4n) is 1.84. The smallest absolute Gasteiger partial charge is 0.303 e. The molecule has 0 aliphatic carbocycles. The first-order valence-corrected chi connectivity index (χ1v) is 6.12. The number of aliphatic carboxylic acids is 1. The highest BCUT2D eigenvalue weighted by molar-refractivity contribution is 5.66. The lowest BCUT2D eigenvalue weighted by Crippen LogP contribution is -2.19. The van der Waals surface area contributed by atoms with Crippen LogP contribution < -0.4 is 9.64 Å². The average molecular weight is 251 g/mol. The van der Waals surface area contributed by atoms with Gasteiger partial charge in [0.05, 0.1) is 12.8 Å². The van der Waals surface area contributed by atoms with E-state index in [1.807, 2.05) is 26.1 Å². The molecule has 0 bridgehead atoms. The van der Waals surface area contributed by atoms with Gasteiger partial charge in [0.25, 0.3) is 0 Å². The molecule has 0 heterocycles. The molecule has 0 radical (unpaired) electrons. The zero-order valence-electron chi connectivity index (χ0n) is 11.3. The summed E-state index contributed by atoms with van der Waals surface area (Å²) >= 11 is 0. The van der Waals surface area contributed by atoms with E-state index in [0.717, 1.165) is 24.4 Å². The van der Waals surface area contributed by atoms with Gasteiger partial charge in [0, 0.05) is 20.0 Å². The fraction of sp³-hybridized carbons (Fsp3) is 0.500. The van der Waals surface area contributed by atoms with Gasteiger partial charge in [0.15, 0.2) is 0 Å².